The van der Waals surface area contributed by atoms with Crippen LogP contribution in [0.4, 0.5) is 4.79 Å². The van der Waals surface area contributed by atoms with Gasteiger partial charge >= 0.3 is 6.03 Å². The first-order valence-corrected chi connectivity index (χ1v) is 8.45. The van der Waals surface area contributed by atoms with Crippen molar-refractivity contribution in [3.05, 3.63) is 29.8 Å². The molecule has 5 heteroatoms. The molecule has 0 radical (unpaired) electrons. The predicted octanol–water partition coefficient (Wildman–Crippen LogP) is 2.62. The van der Waals surface area contributed by atoms with Crippen molar-refractivity contribution in [2.45, 2.75) is 63.6 Å². The number of nitrogens with one attached hydrogen (secondary N) is 2. The van der Waals surface area contributed by atoms with Gasteiger partial charge in [0.15, 0.2) is 0 Å². The molecule has 1 aromatic rings. The summed E-state index contributed by atoms with van der Waals surface area (Å²) >= 11 is 0. The summed E-state index contributed by atoms with van der Waals surface area (Å²) in [6, 6.07) is 8.22. The summed E-state index contributed by atoms with van der Waals surface area (Å²) in [4.78, 5) is 12.0. The van der Waals surface area contributed by atoms with E-state index in [0.29, 0.717) is 0 Å². The van der Waals surface area contributed by atoms with Gasteiger partial charge in [0.05, 0.1) is 13.2 Å². The first kappa shape index (κ1) is 17.6. The summed E-state index contributed by atoms with van der Waals surface area (Å²) < 4.78 is 5.15. The number of aryl methyl sites for hydroxylation is 1. The molecule has 1 atom stereocenters. The number of hydrogen-bond acceptors (Lipinski definition) is 3. The largest absolute Gasteiger partial charge is 0.497 e. The highest BCUT2D eigenvalue weighted by Crippen LogP contribution is 2.18. The minimum absolute atomic E-state index is 0.103. The maximum Gasteiger partial charge on any atom is 0.315 e. The number of hydrogen-bond donors (Lipinski definition) is 3. The number of ether oxygens (including phenoxy) is 1. The fraction of sp³-hybridized carbons (Fsp3) is 0.611. The van der Waals surface area contributed by atoms with Crippen LogP contribution in [0.15, 0.2) is 24.3 Å². The summed E-state index contributed by atoms with van der Waals surface area (Å²) in [6.45, 7) is 2.02. The standard InChI is InChI=1S/C18H28N2O3/c1-13(3-4-14-5-11-17(23-2)12-6-14)19-18(22)20-15-7-9-16(21)10-8-15/h5-6,11-13,15-16,21H,3-4,7-10H2,1-2H3,(H2,19,20,22)/t13-,15?,16?/m0/s1. The highest BCUT2D eigenvalue weighted by atomic mass is 16.5. The molecule has 0 heterocycles. The first-order chi connectivity index (χ1) is 11.1. The molecule has 2 amide bonds. The Hall–Kier alpha value is -1.75. The van der Waals surface area contributed by atoms with Crippen LogP contribution in [-0.2, 0) is 6.42 Å². The molecule has 1 aromatic carbocycles. The van der Waals surface area contributed by atoms with Crippen molar-refractivity contribution >= 4 is 6.03 Å². The Kier molecular flexibility index (Phi) is 6.71. The number of urea groups is 1. The van der Waals surface area contributed by atoms with Crippen LogP contribution in [0.5, 0.6) is 5.75 Å². The number of amides is 2. The van der Waals surface area contributed by atoms with Gasteiger partial charge < -0.3 is 20.5 Å². The average molecular weight is 320 g/mol. The average Bonchev–Trinajstić information content (AvgIpc) is 2.55. The van der Waals surface area contributed by atoms with E-state index in [9.17, 15) is 9.90 Å². The molecule has 3 N–H and O–H groups in total. The van der Waals surface area contributed by atoms with E-state index >= 15 is 0 Å². The Bertz CT molecular complexity index is 482. The van der Waals surface area contributed by atoms with Crippen LogP contribution in [0.2, 0.25) is 0 Å². The van der Waals surface area contributed by atoms with Crippen molar-refractivity contribution in [3.63, 3.8) is 0 Å². The molecule has 2 rings (SSSR count). The summed E-state index contributed by atoms with van der Waals surface area (Å²) in [5, 5.41) is 15.5. The van der Waals surface area contributed by atoms with Crippen molar-refractivity contribution in [2.75, 3.05) is 7.11 Å². The lowest BCUT2D eigenvalue weighted by Crippen LogP contribution is -2.46. The Morgan fingerprint density at radius 3 is 2.52 bits per heavy atom. The quantitative estimate of drug-likeness (QED) is 0.754. The van der Waals surface area contributed by atoms with Crippen molar-refractivity contribution in [2.24, 2.45) is 0 Å². The van der Waals surface area contributed by atoms with E-state index in [1.807, 2.05) is 19.1 Å². The second-order valence-corrected chi connectivity index (χ2v) is 6.41. The normalized spacial score (nSPS) is 22.2. The number of rotatable bonds is 6. The van der Waals surface area contributed by atoms with Gasteiger partial charge in [-0.25, -0.2) is 4.79 Å². The highest BCUT2D eigenvalue weighted by molar-refractivity contribution is 5.74. The van der Waals surface area contributed by atoms with Crippen LogP contribution in [0.25, 0.3) is 0 Å². The Morgan fingerprint density at radius 1 is 1.26 bits per heavy atom. The monoisotopic (exact) mass is 320 g/mol. The van der Waals surface area contributed by atoms with Crippen LogP contribution in [0.1, 0.15) is 44.6 Å². The van der Waals surface area contributed by atoms with E-state index in [1.54, 1.807) is 7.11 Å². The summed E-state index contributed by atoms with van der Waals surface area (Å²) in [5.74, 6) is 0.858. The number of methoxy groups -OCH3 is 1. The van der Waals surface area contributed by atoms with Crippen molar-refractivity contribution in [1.82, 2.24) is 10.6 Å². The SMILES string of the molecule is COc1ccc(CC[C@H](C)NC(=O)NC2CCC(O)CC2)cc1. The fourth-order valence-corrected chi connectivity index (χ4v) is 2.92. The lowest BCUT2D eigenvalue weighted by molar-refractivity contribution is 0.117. The van der Waals surface area contributed by atoms with Gasteiger partial charge in [0.2, 0.25) is 0 Å². The van der Waals surface area contributed by atoms with E-state index in [4.69, 9.17) is 4.74 Å². The fourth-order valence-electron chi connectivity index (χ4n) is 2.92. The lowest BCUT2D eigenvalue weighted by Gasteiger charge is -2.27. The smallest absolute Gasteiger partial charge is 0.315 e. The molecule has 1 fully saturated rings. The molecule has 5 nitrogen and oxygen atoms in total. The van der Waals surface area contributed by atoms with Gasteiger partial charge in [-0.1, -0.05) is 12.1 Å². The first-order valence-electron chi connectivity index (χ1n) is 8.45. The molecule has 0 bridgehead atoms. The summed E-state index contributed by atoms with van der Waals surface area (Å²) in [7, 11) is 1.66. The van der Waals surface area contributed by atoms with E-state index in [1.165, 1.54) is 5.56 Å². The molecule has 1 aliphatic rings. The van der Waals surface area contributed by atoms with E-state index in [2.05, 4.69) is 22.8 Å². The van der Waals surface area contributed by atoms with Crippen LogP contribution < -0.4 is 15.4 Å². The zero-order valence-corrected chi connectivity index (χ0v) is 14.0. The van der Waals surface area contributed by atoms with E-state index < -0.39 is 0 Å². The van der Waals surface area contributed by atoms with Crippen LogP contribution >= 0.6 is 0 Å². The van der Waals surface area contributed by atoms with Gasteiger partial charge in [0, 0.05) is 12.1 Å². The minimum atomic E-state index is -0.195. The van der Waals surface area contributed by atoms with Gasteiger partial charge in [-0.15, -0.1) is 0 Å². The van der Waals surface area contributed by atoms with E-state index in [-0.39, 0.29) is 24.2 Å². The second kappa shape index (κ2) is 8.77. The maximum absolute atomic E-state index is 12.0. The zero-order chi connectivity index (χ0) is 16.7. The third-order valence-electron chi connectivity index (χ3n) is 4.43. The third kappa shape index (κ3) is 6.10. The predicted molar refractivity (Wildman–Crippen MR) is 90.7 cm³/mol. The molecule has 1 saturated carbocycles. The van der Waals surface area contributed by atoms with E-state index in [0.717, 1.165) is 44.3 Å². The van der Waals surface area contributed by atoms with Gasteiger partial charge in [0.25, 0.3) is 0 Å². The maximum atomic E-state index is 12.0. The third-order valence-corrected chi connectivity index (χ3v) is 4.43. The molecule has 128 valence electrons. The molecular formula is C18H28N2O3. The number of aliphatic hydroxyl groups is 1. The molecule has 0 aromatic heterocycles. The second-order valence-electron chi connectivity index (χ2n) is 6.41. The lowest BCUT2D eigenvalue weighted by atomic mass is 9.93. The van der Waals surface area contributed by atoms with Crippen LogP contribution in [0.3, 0.4) is 0 Å². The molecule has 1 aliphatic carbocycles. The van der Waals surface area contributed by atoms with Crippen molar-refractivity contribution < 1.29 is 14.6 Å². The zero-order valence-electron chi connectivity index (χ0n) is 14.0. The van der Waals surface area contributed by atoms with Gasteiger partial charge in [0.1, 0.15) is 5.75 Å². The Morgan fingerprint density at radius 2 is 1.91 bits per heavy atom. The molecule has 0 saturated heterocycles. The molecule has 0 spiro atoms. The number of benzene rings is 1. The number of aliphatic hydroxyl groups excluding tert-OH is 1. The molecule has 23 heavy (non-hydrogen) atoms. The van der Waals surface area contributed by atoms with Gasteiger partial charge in [-0.2, -0.15) is 0 Å². The van der Waals surface area contributed by atoms with Crippen molar-refractivity contribution in [1.29, 1.82) is 0 Å². The topological polar surface area (TPSA) is 70.6 Å². The summed E-state index contributed by atoms with van der Waals surface area (Å²) in [6.07, 6.45) is 4.88. The Labute approximate surface area is 138 Å². The van der Waals surface area contributed by atoms with Gasteiger partial charge in [-0.05, 0) is 63.1 Å². The van der Waals surface area contributed by atoms with Crippen molar-refractivity contribution in [3.8, 4) is 5.75 Å². The van der Waals surface area contributed by atoms with Crippen LogP contribution in [0, 0.1) is 0 Å². The van der Waals surface area contributed by atoms with Gasteiger partial charge in [-0.3, -0.25) is 0 Å². The molecule has 0 aliphatic heterocycles. The minimum Gasteiger partial charge on any atom is -0.497 e. The number of carbonyl (C=O) groups excluding carboxylic acids is 1. The highest BCUT2D eigenvalue weighted by Gasteiger charge is 2.21. The molecular weight excluding hydrogens is 292 g/mol. The Balaban J connectivity index is 1.67. The number of carbonyl (C=O) groups is 1. The summed E-state index contributed by atoms with van der Waals surface area (Å²) in [5.41, 5.74) is 1.24. The molecule has 0 unspecified atom stereocenters. The van der Waals surface area contributed by atoms with Crippen LogP contribution in [-0.4, -0.2) is 36.4 Å².